The highest BCUT2D eigenvalue weighted by Crippen LogP contribution is 2.28. The topological polar surface area (TPSA) is 119 Å². The summed E-state index contributed by atoms with van der Waals surface area (Å²) in [5, 5.41) is 12.1. The van der Waals surface area contributed by atoms with Crippen LogP contribution in [0.25, 0.3) is 0 Å². The zero-order valence-corrected chi connectivity index (χ0v) is 17.1. The van der Waals surface area contributed by atoms with Crippen LogP contribution in [-0.2, 0) is 31.5 Å². The van der Waals surface area contributed by atoms with E-state index in [-0.39, 0.29) is 12.6 Å². The average molecular weight is 417 g/mol. The molecule has 0 radical (unpaired) electrons. The number of hydrogen-bond acceptors (Lipinski definition) is 5. The maximum atomic E-state index is 12.9. The maximum Gasteiger partial charge on any atom is 0.510 e. The first-order valence-corrected chi connectivity index (χ1v) is 10.7. The Morgan fingerprint density at radius 3 is 2.03 bits per heavy atom. The van der Waals surface area contributed by atoms with Crippen LogP contribution in [0.15, 0.2) is 60.7 Å². The molecule has 29 heavy (non-hydrogen) atoms. The second-order valence-corrected chi connectivity index (χ2v) is 8.04. The SMILES string of the molecule is CC(N)O[P+](=O)CC(Cc1ccccc1)C(=O)N[C@@H](Cc1ccccc1)C(=O)O. The Balaban J connectivity index is 2.12. The lowest BCUT2D eigenvalue weighted by molar-refractivity contribution is -0.142. The van der Waals surface area contributed by atoms with Crippen molar-refractivity contribution in [3.8, 4) is 0 Å². The number of nitrogens with one attached hydrogen (secondary N) is 1. The van der Waals surface area contributed by atoms with E-state index in [9.17, 15) is 19.3 Å². The van der Waals surface area contributed by atoms with Crippen molar-refractivity contribution in [2.45, 2.75) is 32.0 Å². The fourth-order valence-electron chi connectivity index (χ4n) is 2.89. The number of benzene rings is 2. The summed E-state index contributed by atoms with van der Waals surface area (Å²) in [5.74, 6) is -2.32. The molecule has 2 aromatic rings. The van der Waals surface area contributed by atoms with Gasteiger partial charge in [0.1, 0.15) is 6.04 Å². The van der Waals surface area contributed by atoms with Crippen LogP contribution in [0, 0.1) is 5.92 Å². The third-order valence-corrected chi connectivity index (χ3v) is 5.55. The molecule has 8 heteroatoms. The number of carbonyl (C=O) groups is 2. The number of carboxylic acids is 1. The third-order valence-electron chi connectivity index (χ3n) is 4.25. The summed E-state index contributed by atoms with van der Waals surface area (Å²) >= 11 is 0. The monoisotopic (exact) mass is 417 g/mol. The lowest BCUT2D eigenvalue weighted by Crippen LogP contribution is -2.46. The highest BCUT2D eigenvalue weighted by molar-refractivity contribution is 7.39. The molecule has 4 atom stereocenters. The lowest BCUT2D eigenvalue weighted by Gasteiger charge is -2.18. The number of nitrogens with two attached hydrogens (primary N) is 1. The number of aliphatic carboxylic acids is 1. The Labute approximate surface area is 171 Å². The van der Waals surface area contributed by atoms with Crippen molar-refractivity contribution in [3.63, 3.8) is 0 Å². The molecule has 2 aromatic carbocycles. The summed E-state index contributed by atoms with van der Waals surface area (Å²) in [6.07, 6.45) is -0.297. The Morgan fingerprint density at radius 2 is 1.55 bits per heavy atom. The molecule has 0 saturated carbocycles. The minimum atomic E-state index is -2.16. The van der Waals surface area contributed by atoms with E-state index >= 15 is 0 Å². The Bertz CT molecular complexity index is 814. The second-order valence-electron chi connectivity index (χ2n) is 6.80. The van der Waals surface area contributed by atoms with Crippen LogP contribution >= 0.6 is 8.03 Å². The standard InChI is InChI=1S/C21H25N2O5P/c1-15(22)28-29(27)14-18(12-16-8-4-2-5-9-16)20(24)23-19(21(25)26)13-17-10-6-3-7-11-17/h2-11,15,18-19H,12-14,22H2,1H3,(H-,23,24,25,26)/p+1/t15?,18?,19-/m0/s1. The lowest BCUT2D eigenvalue weighted by atomic mass is 9.99. The van der Waals surface area contributed by atoms with E-state index in [1.165, 1.54) is 0 Å². The van der Waals surface area contributed by atoms with Gasteiger partial charge in [-0.2, -0.15) is 0 Å². The second kappa shape index (κ2) is 11.4. The molecule has 1 amide bonds. The van der Waals surface area contributed by atoms with E-state index < -0.39 is 38.1 Å². The fourth-order valence-corrected chi connectivity index (χ4v) is 4.00. The van der Waals surface area contributed by atoms with E-state index in [1.807, 2.05) is 48.5 Å². The first-order valence-electron chi connectivity index (χ1n) is 9.33. The summed E-state index contributed by atoms with van der Waals surface area (Å²) in [7, 11) is -2.16. The van der Waals surface area contributed by atoms with Gasteiger partial charge < -0.3 is 16.2 Å². The van der Waals surface area contributed by atoms with E-state index in [0.717, 1.165) is 11.1 Å². The summed E-state index contributed by atoms with van der Waals surface area (Å²) in [5.41, 5.74) is 7.20. The number of amides is 1. The molecule has 154 valence electrons. The largest absolute Gasteiger partial charge is 0.510 e. The zero-order chi connectivity index (χ0) is 21.2. The Kier molecular flexibility index (Phi) is 8.93. The van der Waals surface area contributed by atoms with Gasteiger partial charge in [-0.3, -0.25) is 4.79 Å². The van der Waals surface area contributed by atoms with Gasteiger partial charge in [0.05, 0.1) is 5.92 Å². The molecule has 0 aliphatic heterocycles. The van der Waals surface area contributed by atoms with Crippen molar-refractivity contribution < 1.29 is 23.8 Å². The third kappa shape index (κ3) is 8.11. The fraction of sp³-hybridized carbons (Fsp3) is 0.333. The van der Waals surface area contributed by atoms with Crippen molar-refractivity contribution in [2.24, 2.45) is 11.7 Å². The predicted molar refractivity (Wildman–Crippen MR) is 111 cm³/mol. The van der Waals surface area contributed by atoms with E-state index in [0.29, 0.717) is 6.42 Å². The van der Waals surface area contributed by atoms with Gasteiger partial charge in [-0.15, -0.1) is 4.52 Å². The van der Waals surface area contributed by atoms with Crippen LogP contribution < -0.4 is 11.1 Å². The smallest absolute Gasteiger partial charge is 0.480 e. The Hall–Kier alpha value is -2.60. The highest BCUT2D eigenvalue weighted by Gasteiger charge is 2.33. The molecule has 0 heterocycles. The molecule has 0 saturated heterocycles. The predicted octanol–water partition coefficient (Wildman–Crippen LogP) is 2.72. The number of rotatable bonds is 11. The first-order chi connectivity index (χ1) is 13.8. The summed E-state index contributed by atoms with van der Waals surface area (Å²) < 4.78 is 17.3. The Morgan fingerprint density at radius 1 is 1.03 bits per heavy atom. The van der Waals surface area contributed by atoms with Gasteiger partial charge in [0.2, 0.25) is 5.91 Å². The van der Waals surface area contributed by atoms with Crippen LogP contribution in [-0.4, -0.2) is 35.4 Å². The van der Waals surface area contributed by atoms with Gasteiger partial charge in [-0.05, 0) is 29.0 Å². The summed E-state index contributed by atoms with van der Waals surface area (Å²) in [4.78, 5) is 24.6. The minimum Gasteiger partial charge on any atom is -0.480 e. The van der Waals surface area contributed by atoms with Crippen LogP contribution in [0.2, 0.25) is 0 Å². The number of carboxylic acid groups (broad SMARTS) is 1. The molecular weight excluding hydrogens is 391 g/mol. The normalized spacial score (nSPS) is 14.5. The minimum absolute atomic E-state index is 0.0464. The van der Waals surface area contributed by atoms with Crippen molar-refractivity contribution in [2.75, 3.05) is 6.16 Å². The van der Waals surface area contributed by atoms with E-state index in [4.69, 9.17) is 10.3 Å². The molecule has 0 fully saturated rings. The molecule has 7 nitrogen and oxygen atoms in total. The van der Waals surface area contributed by atoms with Gasteiger partial charge in [-0.25, -0.2) is 4.79 Å². The molecule has 0 aliphatic rings. The molecule has 2 rings (SSSR count). The molecule has 0 spiro atoms. The number of carbonyl (C=O) groups excluding carboxylic acids is 1. The maximum absolute atomic E-state index is 12.9. The van der Waals surface area contributed by atoms with Crippen molar-refractivity contribution in [1.29, 1.82) is 0 Å². The molecule has 0 bridgehead atoms. The molecule has 3 unspecified atom stereocenters. The summed E-state index contributed by atoms with van der Waals surface area (Å²) in [6.45, 7) is 1.56. The van der Waals surface area contributed by atoms with Gasteiger partial charge in [0, 0.05) is 6.42 Å². The zero-order valence-electron chi connectivity index (χ0n) is 16.2. The van der Waals surface area contributed by atoms with E-state index in [1.54, 1.807) is 19.1 Å². The highest BCUT2D eigenvalue weighted by atomic mass is 31.1. The van der Waals surface area contributed by atoms with Crippen molar-refractivity contribution >= 4 is 19.9 Å². The molecule has 0 aromatic heterocycles. The van der Waals surface area contributed by atoms with Gasteiger partial charge in [-0.1, -0.05) is 60.7 Å². The average Bonchev–Trinajstić information content (AvgIpc) is 2.67. The van der Waals surface area contributed by atoms with Gasteiger partial charge >= 0.3 is 14.0 Å². The summed E-state index contributed by atoms with van der Waals surface area (Å²) in [6, 6.07) is 17.2. The van der Waals surface area contributed by atoms with Crippen LogP contribution in [0.3, 0.4) is 0 Å². The van der Waals surface area contributed by atoms with E-state index in [2.05, 4.69) is 5.32 Å². The van der Waals surface area contributed by atoms with Gasteiger partial charge in [0.15, 0.2) is 12.4 Å². The van der Waals surface area contributed by atoms with Crippen LogP contribution in [0.1, 0.15) is 18.1 Å². The van der Waals surface area contributed by atoms with Crippen LogP contribution in [0.4, 0.5) is 0 Å². The van der Waals surface area contributed by atoms with Crippen molar-refractivity contribution in [3.05, 3.63) is 71.8 Å². The first kappa shape index (κ1) is 22.7. The van der Waals surface area contributed by atoms with Crippen molar-refractivity contribution in [1.82, 2.24) is 5.32 Å². The molecule has 0 aliphatic carbocycles. The quantitative estimate of drug-likeness (QED) is 0.382. The van der Waals surface area contributed by atoms with Crippen LogP contribution in [0.5, 0.6) is 0 Å². The molecular formula is C21H26N2O5P+. The number of hydrogen-bond donors (Lipinski definition) is 3. The molecule has 4 N–H and O–H groups in total. The van der Waals surface area contributed by atoms with Gasteiger partial charge in [0.25, 0.3) is 0 Å².